The quantitative estimate of drug-likeness (QED) is 0.246. The average molecular weight is 438 g/mol. The molecule has 3 rings (SSSR count). The molecule has 10 nitrogen and oxygen atoms in total. The van der Waals surface area contributed by atoms with Crippen LogP contribution in [0, 0.1) is 0 Å². The minimum Gasteiger partial charge on any atom is -0.390 e. The molecule has 0 bridgehead atoms. The number of aliphatic hydroxyl groups excluding tert-OH is 1. The molecule has 2 aromatic carbocycles. The normalized spacial score (nSPS) is 11.5. The van der Waals surface area contributed by atoms with Crippen LogP contribution in [0.1, 0.15) is 16.1 Å². The van der Waals surface area contributed by atoms with E-state index in [1.165, 1.54) is 19.6 Å². The molecule has 1 heterocycles. The molecule has 3 aromatic rings. The SMILES string of the molecule is CNC(=O)C(C(=O)NO)N(C)C(=O)c1ccc(-c2ccc(-c3cc(CO)no3)cc2)cc1. The van der Waals surface area contributed by atoms with Crippen LogP contribution in [0.15, 0.2) is 59.1 Å². The predicted octanol–water partition coefficient (Wildman–Crippen LogP) is 1.19. The molecule has 1 aromatic heterocycles. The Kier molecular flexibility index (Phi) is 6.98. The Morgan fingerprint density at radius 3 is 2.06 bits per heavy atom. The molecule has 0 saturated heterocycles. The van der Waals surface area contributed by atoms with Gasteiger partial charge in [-0.25, -0.2) is 5.48 Å². The third kappa shape index (κ3) is 4.66. The van der Waals surface area contributed by atoms with Gasteiger partial charge in [0.25, 0.3) is 17.7 Å². The number of aromatic nitrogens is 1. The standard InChI is InChI=1S/C22H22N4O6/c1-23-20(28)19(21(29)24-31)26(2)22(30)16-9-5-14(6-10-16)13-3-7-15(8-4-13)18-11-17(12-27)25-32-18/h3-11,19,27,31H,12H2,1-2H3,(H,23,28)(H,24,29). The first-order valence-corrected chi connectivity index (χ1v) is 9.59. The summed E-state index contributed by atoms with van der Waals surface area (Å²) in [7, 11) is 2.63. The number of carbonyl (C=O) groups excluding carboxylic acids is 3. The molecular weight excluding hydrogens is 416 g/mol. The van der Waals surface area contributed by atoms with Gasteiger partial charge >= 0.3 is 0 Å². The number of amides is 3. The Balaban J connectivity index is 1.77. The van der Waals surface area contributed by atoms with Crippen molar-refractivity contribution < 1.29 is 29.2 Å². The monoisotopic (exact) mass is 438 g/mol. The van der Waals surface area contributed by atoms with Gasteiger partial charge < -0.3 is 19.8 Å². The molecule has 3 amide bonds. The van der Waals surface area contributed by atoms with Gasteiger partial charge in [0.2, 0.25) is 0 Å². The highest BCUT2D eigenvalue weighted by molar-refractivity contribution is 6.08. The highest BCUT2D eigenvalue weighted by Crippen LogP contribution is 2.26. The third-order valence-corrected chi connectivity index (χ3v) is 4.92. The molecule has 0 aliphatic rings. The second kappa shape index (κ2) is 9.86. The Morgan fingerprint density at radius 1 is 1.00 bits per heavy atom. The van der Waals surface area contributed by atoms with E-state index in [0.717, 1.165) is 21.6 Å². The zero-order chi connectivity index (χ0) is 23.3. The lowest BCUT2D eigenvalue weighted by Gasteiger charge is -2.25. The van der Waals surface area contributed by atoms with Crippen molar-refractivity contribution in [3.63, 3.8) is 0 Å². The van der Waals surface area contributed by atoms with Gasteiger partial charge in [-0.15, -0.1) is 0 Å². The Hall–Kier alpha value is -4.02. The summed E-state index contributed by atoms with van der Waals surface area (Å²) in [5, 5.41) is 24.0. The second-order valence-electron chi connectivity index (χ2n) is 6.90. The van der Waals surface area contributed by atoms with Crippen molar-refractivity contribution in [1.29, 1.82) is 0 Å². The fraction of sp³-hybridized carbons (Fsp3) is 0.182. The molecule has 0 spiro atoms. The van der Waals surface area contributed by atoms with E-state index in [0.29, 0.717) is 11.5 Å². The number of aliphatic hydroxyl groups is 1. The zero-order valence-corrected chi connectivity index (χ0v) is 17.4. The van der Waals surface area contributed by atoms with E-state index in [1.54, 1.807) is 30.3 Å². The molecule has 1 atom stereocenters. The largest absolute Gasteiger partial charge is 0.390 e. The number of carbonyl (C=O) groups is 3. The van der Waals surface area contributed by atoms with Crippen LogP contribution in [-0.4, -0.2) is 58.2 Å². The van der Waals surface area contributed by atoms with Gasteiger partial charge in [-0.3, -0.25) is 19.6 Å². The van der Waals surface area contributed by atoms with E-state index >= 15 is 0 Å². The molecule has 1 unspecified atom stereocenters. The fourth-order valence-electron chi connectivity index (χ4n) is 3.14. The molecule has 166 valence electrons. The molecule has 32 heavy (non-hydrogen) atoms. The van der Waals surface area contributed by atoms with E-state index in [4.69, 9.17) is 14.8 Å². The maximum absolute atomic E-state index is 12.8. The van der Waals surface area contributed by atoms with Crippen molar-refractivity contribution >= 4 is 17.7 Å². The van der Waals surface area contributed by atoms with Crippen LogP contribution in [-0.2, 0) is 16.2 Å². The molecule has 0 radical (unpaired) electrons. The van der Waals surface area contributed by atoms with Gasteiger partial charge in [-0.05, 0) is 23.3 Å². The molecule has 4 N–H and O–H groups in total. The van der Waals surface area contributed by atoms with Gasteiger partial charge in [-0.1, -0.05) is 41.6 Å². The summed E-state index contributed by atoms with van der Waals surface area (Å²) in [5.41, 5.74) is 4.66. The summed E-state index contributed by atoms with van der Waals surface area (Å²) in [6.07, 6.45) is 0. The highest BCUT2D eigenvalue weighted by atomic mass is 16.5. The zero-order valence-electron chi connectivity index (χ0n) is 17.4. The van der Waals surface area contributed by atoms with E-state index < -0.39 is 23.8 Å². The minimum absolute atomic E-state index is 0.198. The van der Waals surface area contributed by atoms with Crippen LogP contribution in [0.5, 0.6) is 0 Å². The second-order valence-corrected chi connectivity index (χ2v) is 6.90. The van der Waals surface area contributed by atoms with Crippen LogP contribution < -0.4 is 10.8 Å². The molecule has 10 heteroatoms. The number of nitrogens with one attached hydrogen (secondary N) is 2. The summed E-state index contributed by atoms with van der Waals surface area (Å²) in [4.78, 5) is 37.5. The van der Waals surface area contributed by atoms with E-state index in [2.05, 4.69) is 10.5 Å². The highest BCUT2D eigenvalue weighted by Gasteiger charge is 2.33. The first-order chi connectivity index (χ1) is 15.4. The Morgan fingerprint density at radius 2 is 1.56 bits per heavy atom. The van der Waals surface area contributed by atoms with Gasteiger partial charge in [0.05, 0.1) is 6.61 Å². The summed E-state index contributed by atoms with van der Waals surface area (Å²) < 4.78 is 5.20. The number of nitrogens with zero attached hydrogens (tertiary/aromatic N) is 2. The summed E-state index contributed by atoms with van der Waals surface area (Å²) >= 11 is 0. The Labute approximate surface area is 183 Å². The lowest BCUT2D eigenvalue weighted by molar-refractivity contribution is -0.140. The number of hydrogen-bond acceptors (Lipinski definition) is 7. The molecule has 0 aliphatic heterocycles. The molecule has 0 saturated carbocycles. The van der Waals surface area contributed by atoms with Gasteiger partial charge in [0, 0.05) is 31.3 Å². The maximum atomic E-state index is 12.8. The number of hydrogen-bond donors (Lipinski definition) is 4. The van der Waals surface area contributed by atoms with Crippen LogP contribution >= 0.6 is 0 Å². The van der Waals surface area contributed by atoms with Crippen molar-refractivity contribution in [3.05, 3.63) is 65.9 Å². The number of rotatable bonds is 7. The Bertz CT molecular complexity index is 1090. The van der Waals surface area contributed by atoms with Crippen molar-refractivity contribution in [1.82, 2.24) is 20.9 Å². The summed E-state index contributed by atoms with van der Waals surface area (Å²) in [5.74, 6) is -1.77. The van der Waals surface area contributed by atoms with Crippen LogP contribution in [0.4, 0.5) is 0 Å². The average Bonchev–Trinajstić information content (AvgIpc) is 3.33. The van der Waals surface area contributed by atoms with Crippen LogP contribution in [0.3, 0.4) is 0 Å². The minimum atomic E-state index is -1.52. The van der Waals surface area contributed by atoms with Crippen molar-refractivity contribution in [3.8, 4) is 22.5 Å². The van der Waals surface area contributed by atoms with Crippen LogP contribution in [0.2, 0.25) is 0 Å². The lowest BCUT2D eigenvalue weighted by Crippen LogP contribution is -2.54. The van der Waals surface area contributed by atoms with Gasteiger partial charge in [0.1, 0.15) is 5.69 Å². The third-order valence-electron chi connectivity index (χ3n) is 4.92. The fourth-order valence-corrected chi connectivity index (χ4v) is 3.14. The number of hydroxylamine groups is 1. The smallest absolute Gasteiger partial charge is 0.275 e. The van der Waals surface area contributed by atoms with E-state index in [-0.39, 0.29) is 12.2 Å². The van der Waals surface area contributed by atoms with Crippen molar-refractivity contribution in [2.24, 2.45) is 0 Å². The number of likely N-dealkylation sites (N-methyl/N-ethyl adjacent to an activating group) is 2. The number of benzene rings is 2. The molecule has 0 aliphatic carbocycles. The van der Waals surface area contributed by atoms with E-state index in [9.17, 15) is 14.4 Å². The topological polar surface area (TPSA) is 145 Å². The van der Waals surface area contributed by atoms with E-state index in [1.807, 2.05) is 24.3 Å². The van der Waals surface area contributed by atoms with Gasteiger partial charge in [0.15, 0.2) is 11.8 Å². The first kappa shape index (κ1) is 22.7. The molecular formula is C22H22N4O6. The molecule has 0 fully saturated rings. The summed E-state index contributed by atoms with van der Waals surface area (Å²) in [6.45, 7) is -0.198. The van der Waals surface area contributed by atoms with Crippen LogP contribution in [0.25, 0.3) is 22.5 Å². The lowest BCUT2D eigenvalue weighted by atomic mass is 10.0. The predicted molar refractivity (Wildman–Crippen MR) is 113 cm³/mol. The summed E-state index contributed by atoms with van der Waals surface area (Å²) in [6, 6.07) is 14.3. The van der Waals surface area contributed by atoms with Crippen molar-refractivity contribution in [2.75, 3.05) is 14.1 Å². The van der Waals surface area contributed by atoms with Crippen molar-refractivity contribution in [2.45, 2.75) is 12.6 Å². The van der Waals surface area contributed by atoms with Gasteiger partial charge in [-0.2, -0.15) is 0 Å². The first-order valence-electron chi connectivity index (χ1n) is 9.59. The maximum Gasteiger partial charge on any atom is 0.275 e.